The Morgan fingerprint density at radius 1 is 1.62 bits per heavy atom. The van der Waals surface area contributed by atoms with Crippen molar-refractivity contribution in [2.24, 2.45) is 5.73 Å². The van der Waals surface area contributed by atoms with E-state index in [-0.39, 0.29) is 28.6 Å². The fraction of sp³-hybridized carbons (Fsp3) is 0.222. The van der Waals surface area contributed by atoms with Gasteiger partial charge in [-0.15, -0.1) is 0 Å². The van der Waals surface area contributed by atoms with Gasteiger partial charge in [-0.25, -0.2) is 0 Å². The number of nitro groups is 1. The lowest BCUT2D eigenvalue weighted by molar-refractivity contribution is -0.385. The molecule has 1 aromatic rings. The van der Waals surface area contributed by atoms with Gasteiger partial charge in [0.25, 0.3) is 0 Å². The average Bonchev–Trinajstić information content (AvgIpc) is 2.17. The van der Waals surface area contributed by atoms with Crippen LogP contribution in [-0.4, -0.2) is 17.4 Å². The number of rotatable bonds is 4. The minimum Gasteiger partial charge on any atom is -0.487 e. The molecule has 0 saturated carbocycles. The second-order valence-electron chi connectivity index (χ2n) is 2.85. The summed E-state index contributed by atoms with van der Waals surface area (Å²) in [7, 11) is 0. The predicted octanol–water partition coefficient (Wildman–Crippen LogP) is 1.75. The summed E-state index contributed by atoms with van der Waals surface area (Å²) >= 11 is 5.73. The summed E-state index contributed by atoms with van der Waals surface area (Å²) in [6.45, 7) is 1.94. The van der Waals surface area contributed by atoms with Gasteiger partial charge in [0.2, 0.25) is 5.91 Å². The Hall–Kier alpha value is -1.82. The maximum absolute atomic E-state index is 10.9. The maximum Gasteiger partial charge on any atom is 0.311 e. The van der Waals surface area contributed by atoms with Gasteiger partial charge in [-0.1, -0.05) is 11.6 Å². The van der Waals surface area contributed by atoms with Gasteiger partial charge in [0.1, 0.15) is 0 Å². The van der Waals surface area contributed by atoms with Gasteiger partial charge >= 0.3 is 5.69 Å². The molecule has 0 saturated heterocycles. The van der Waals surface area contributed by atoms with Crippen LogP contribution in [0.4, 0.5) is 5.69 Å². The number of carbonyl (C=O) groups is 1. The highest BCUT2D eigenvalue weighted by molar-refractivity contribution is 6.34. The molecule has 1 aromatic carbocycles. The quantitative estimate of drug-likeness (QED) is 0.645. The van der Waals surface area contributed by atoms with Crippen molar-refractivity contribution < 1.29 is 14.5 Å². The molecule has 0 radical (unpaired) electrons. The Morgan fingerprint density at radius 2 is 2.25 bits per heavy atom. The van der Waals surface area contributed by atoms with Gasteiger partial charge in [0.15, 0.2) is 5.75 Å². The number of carbonyl (C=O) groups excluding carboxylic acids is 1. The molecule has 0 atom stereocenters. The second kappa shape index (κ2) is 4.80. The molecule has 6 nitrogen and oxygen atoms in total. The first-order valence-corrected chi connectivity index (χ1v) is 4.75. The van der Waals surface area contributed by atoms with Crippen LogP contribution in [0.5, 0.6) is 5.75 Å². The Kier molecular flexibility index (Phi) is 3.68. The Labute approximate surface area is 96.1 Å². The molecule has 7 heteroatoms. The molecule has 16 heavy (non-hydrogen) atoms. The minimum absolute atomic E-state index is 0.0162. The van der Waals surface area contributed by atoms with Crippen LogP contribution in [0.25, 0.3) is 0 Å². The Morgan fingerprint density at radius 3 is 2.69 bits per heavy atom. The Balaban J connectivity index is 3.36. The lowest BCUT2D eigenvalue weighted by atomic mass is 10.2. The molecule has 1 rings (SSSR count). The van der Waals surface area contributed by atoms with Crippen LogP contribution in [0.3, 0.4) is 0 Å². The highest BCUT2D eigenvalue weighted by Crippen LogP contribution is 2.32. The van der Waals surface area contributed by atoms with Crippen LogP contribution in [0, 0.1) is 10.1 Å². The van der Waals surface area contributed by atoms with E-state index in [9.17, 15) is 14.9 Å². The van der Waals surface area contributed by atoms with Gasteiger partial charge < -0.3 is 10.5 Å². The SMILES string of the molecule is CCOc1cc(Cl)c(C(N)=O)cc1[N+](=O)[O-]. The van der Waals surface area contributed by atoms with E-state index in [2.05, 4.69) is 0 Å². The van der Waals surface area contributed by atoms with E-state index in [1.807, 2.05) is 0 Å². The molecule has 0 fully saturated rings. The van der Waals surface area contributed by atoms with E-state index in [1.165, 1.54) is 6.07 Å². The van der Waals surface area contributed by atoms with E-state index in [1.54, 1.807) is 6.92 Å². The van der Waals surface area contributed by atoms with Crippen molar-refractivity contribution in [3.8, 4) is 5.75 Å². The number of primary amides is 1. The molecule has 0 aliphatic carbocycles. The van der Waals surface area contributed by atoms with E-state index >= 15 is 0 Å². The monoisotopic (exact) mass is 244 g/mol. The number of benzene rings is 1. The van der Waals surface area contributed by atoms with Crippen molar-refractivity contribution in [3.63, 3.8) is 0 Å². The average molecular weight is 245 g/mol. The molecule has 2 N–H and O–H groups in total. The van der Waals surface area contributed by atoms with Crippen LogP contribution in [0.2, 0.25) is 5.02 Å². The first-order valence-electron chi connectivity index (χ1n) is 4.38. The number of amides is 1. The molecule has 0 unspecified atom stereocenters. The largest absolute Gasteiger partial charge is 0.487 e. The topological polar surface area (TPSA) is 95.5 Å². The molecule has 1 amide bonds. The van der Waals surface area contributed by atoms with Crippen LogP contribution < -0.4 is 10.5 Å². The van der Waals surface area contributed by atoms with Crippen molar-refractivity contribution in [1.82, 2.24) is 0 Å². The van der Waals surface area contributed by atoms with Gasteiger partial charge in [-0.2, -0.15) is 0 Å². The standard InChI is InChI=1S/C9H9ClN2O4/c1-2-16-8-4-6(10)5(9(11)13)3-7(8)12(14)15/h3-4H,2H2,1H3,(H2,11,13). The van der Waals surface area contributed by atoms with Gasteiger partial charge in [-0.05, 0) is 6.92 Å². The molecular formula is C9H9ClN2O4. The molecule has 0 aliphatic rings. The highest BCUT2D eigenvalue weighted by Gasteiger charge is 2.20. The van der Waals surface area contributed by atoms with Crippen LogP contribution in [-0.2, 0) is 0 Å². The maximum atomic E-state index is 10.9. The van der Waals surface area contributed by atoms with Gasteiger partial charge in [0, 0.05) is 12.1 Å². The number of nitrogens with zero attached hydrogens (tertiary/aromatic N) is 1. The third kappa shape index (κ3) is 2.40. The smallest absolute Gasteiger partial charge is 0.311 e. The summed E-state index contributed by atoms with van der Waals surface area (Å²) in [6, 6.07) is 2.22. The van der Waals surface area contributed by atoms with E-state index in [4.69, 9.17) is 22.1 Å². The zero-order chi connectivity index (χ0) is 12.3. The molecule has 0 aromatic heterocycles. The van der Waals surface area contributed by atoms with Crippen molar-refractivity contribution in [2.45, 2.75) is 6.92 Å². The second-order valence-corrected chi connectivity index (χ2v) is 3.26. The first kappa shape index (κ1) is 12.3. The lowest BCUT2D eigenvalue weighted by Gasteiger charge is -2.06. The van der Waals surface area contributed by atoms with Crippen LogP contribution >= 0.6 is 11.6 Å². The number of ether oxygens (including phenoxy) is 1. The summed E-state index contributed by atoms with van der Waals surface area (Å²) in [5.41, 5.74) is 4.59. The first-order chi connectivity index (χ1) is 7.47. The normalized spacial score (nSPS) is 9.88. The fourth-order valence-corrected chi connectivity index (χ4v) is 1.39. The number of halogens is 1. The number of hydrogen-bond acceptors (Lipinski definition) is 4. The van der Waals surface area contributed by atoms with Gasteiger partial charge in [0.05, 0.1) is 22.1 Å². The third-order valence-electron chi connectivity index (χ3n) is 1.81. The molecular weight excluding hydrogens is 236 g/mol. The summed E-state index contributed by atoms with van der Waals surface area (Å²) in [5.74, 6) is -0.807. The van der Waals surface area contributed by atoms with Crippen molar-refractivity contribution in [2.75, 3.05) is 6.61 Å². The Bertz CT molecular complexity index is 447. The molecule has 0 heterocycles. The third-order valence-corrected chi connectivity index (χ3v) is 2.12. The fourth-order valence-electron chi connectivity index (χ4n) is 1.15. The van der Waals surface area contributed by atoms with Crippen molar-refractivity contribution in [1.29, 1.82) is 0 Å². The highest BCUT2D eigenvalue weighted by atomic mass is 35.5. The van der Waals surface area contributed by atoms with Crippen LogP contribution in [0.1, 0.15) is 17.3 Å². The zero-order valence-corrected chi connectivity index (χ0v) is 9.15. The number of nitro benzene ring substituents is 1. The predicted molar refractivity (Wildman–Crippen MR) is 57.8 cm³/mol. The molecule has 86 valence electrons. The van der Waals surface area contributed by atoms with E-state index in [0.717, 1.165) is 6.07 Å². The zero-order valence-electron chi connectivity index (χ0n) is 8.40. The van der Waals surface area contributed by atoms with Crippen LogP contribution in [0.15, 0.2) is 12.1 Å². The van der Waals surface area contributed by atoms with Crippen molar-refractivity contribution >= 4 is 23.2 Å². The number of nitrogens with two attached hydrogens (primary N) is 1. The van der Waals surface area contributed by atoms with E-state index in [0.29, 0.717) is 0 Å². The summed E-state index contributed by atoms with van der Waals surface area (Å²) < 4.78 is 5.04. The number of hydrogen-bond donors (Lipinski definition) is 1. The lowest BCUT2D eigenvalue weighted by Crippen LogP contribution is -2.12. The van der Waals surface area contributed by atoms with Crippen molar-refractivity contribution in [3.05, 3.63) is 32.8 Å². The summed E-state index contributed by atoms with van der Waals surface area (Å²) in [6.07, 6.45) is 0. The summed E-state index contributed by atoms with van der Waals surface area (Å²) in [5, 5.41) is 10.7. The van der Waals surface area contributed by atoms with Gasteiger partial charge in [-0.3, -0.25) is 14.9 Å². The minimum atomic E-state index is -0.823. The van der Waals surface area contributed by atoms with E-state index < -0.39 is 10.8 Å². The summed E-state index contributed by atoms with van der Waals surface area (Å²) in [4.78, 5) is 21.0. The molecule has 0 spiro atoms. The molecule has 0 bridgehead atoms. The molecule has 0 aliphatic heterocycles.